The molecule has 1 aliphatic carbocycles. The van der Waals surface area contributed by atoms with E-state index >= 15 is 0 Å². The maximum absolute atomic E-state index is 12.2. The molecule has 0 radical (unpaired) electrons. The highest BCUT2D eigenvalue weighted by Gasteiger charge is 2.24. The molecular weight excluding hydrogens is 313 g/mol. The van der Waals surface area contributed by atoms with E-state index in [9.17, 15) is 19.6 Å². The Morgan fingerprint density at radius 3 is 2.88 bits per heavy atom. The van der Waals surface area contributed by atoms with Crippen LogP contribution in [0.25, 0.3) is 0 Å². The molecule has 2 aromatic rings. The van der Waals surface area contributed by atoms with E-state index in [1.165, 1.54) is 31.0 Å². The number of aromatic nitrogens is 4. The maximum atomic E-state index is 12.2. The van der Waals surface area contributed by atoms with E-state index in [4.69, 9.17) is 0 Å². The van der Waals surface area contributed by atoms with Gasteiger partial charge in [0.05, 0.1) is 6.54 Å². The van der Waals surface area contributed by atoms with Gasteiger partial charge in [0.2, 0.25) is 0 Å². The van der Waals surface area contributed by atoms with Gasteiger partial charge in [0.1, 0.15) is 6.29 Å². The van der Waals surface area contributed by atoms with Gasteiger partial charge in [0.25, 0.3) is 5.91 Å². The van der Waals surface area contributed by atoms with Crippen molar-refractivity contribution in [3.8, 4) is 0 Å². The van der Waals surface area contributed by atoms with Crippen molar-refractivity contribution in [1.82, 2.24) is 25.5 Å². The van der Waals surface area contributed by atoms with Gasteiger partial charge < -0.3 is 15.4 Å². The first-order valence-electron chi connectivity index (χ1n) is 7.57. The standard InChI is InChI=1S/C14H16BN5O4/c21-8-11-5-10(3-4-12(11)15(23)24)14(22)16-6-13-17-18-19-20(13)7-9-1-2-9/h3-5,8-9,23-24H,1-2,6-7H2,(H,16,22). The Bertz CT molecular complexity index is 759. The second kappa shape index (κ2) is 6.89. The lowest BCUT2D eigenvalue weighted by Gasteiger charge is -2.08. The summed E-state index contributed by atoms with van der Waals surface area (Å²) < 4.78 is 1.68. The van der Waals surface area contributed by atoms with Crippen molar-refractivity contribution in [1.29, 1.82) is 0 Å². The molecule has 1 saturated carbocycles. The third-order valence-electron chi connectivity index (χ3n) is 3.90. The van der Waals surface area contributed by atoms with Crippen LogP contribution in [0.15, 0.2) is 18.2 Å². The first kappa shape index (κ1) is 16.3. The minimum absolute atomic E-state index is 0.0509. The van der Waals surface area contributed by atoms with E-state index in [0.29, 0.717) is 18.0 Å². The van der Waals surface area contributed by atoms with Crippen LogP contribution in [0.1, 0.15) is 39.4 Å². The molecule has 0 spiro atoms. The Morgan fingerprint density at radius 1 is 1.42 bits per heavy atom. The zero-order valence-electron chi connectivity index (χ0n) is 12.8. The minimum Gasteiger partial charge on any atom is -0.423 e. The lowest BCUT2D eigenvalue weighted by Crippen LogP contribution is -2.34. The molecule has 24 heavy (non-hydrogen) atoms. The van der Waals surface area contributed by atoms with Gasteiger partial charge in [-0.05, 0) is 46.8 Å². The van der Waals surface area contributed by atoms with Crippen LogP contribution in [0.2, 0.25) is 0 Å². The fraction of sp³-hybridized carbons (Fsp3) is 0.357. The van der Waals surface area contributed by atoms with Gasteiger partial charge in [0, 0.05) is 17.7 Å². The van der Waals surface area contributed by atoms with Crippen molar-refractivity contribution >= 4 is 24.8 Å². The average Bonchev–Trinajstić information content (AvgIpc) is 3.29. The summed E-state index contributed by atoms with van der Waals surface area (Å²) in [5.74, 6) is 0.766. The summed E-state index contributed by atoms with van der Waals surface area (Å²) in [6.07, 6.45) is 2.81. The zero-order valence-corrected chi connectivity index (χ0v) is 12.8. The molecule has 0 atom stereocenters. The number of rotatable bonds is 7. The van der Waals surface area contributed by atoms with Gasteiger partial charge in [-0.25, -0.2) is 4.68 Å². The molecule has 1 amide bonds. The van der Waals surface area contributed by atoms with Crippen molar-refractivity contribution < 1.29 is 19.6 Å². The number of tetrazole rings is 1. The molecule has 3 N–H and O–H groups in total. The summed E-state index contributed by atoms with van der Waals surface area (Å²) in [6, 6.07) is 4.06. The van der Waals surface area contributed by atoms with Crippen LogP contribution < -0.4 is 10.8 Å². The summed E-state index contributed by atoms with van der Waals surface area (Å²) in [7, 11) is -1.77. The van der Waals surface area contributed by atoms with E-state index in [1.807, 2.05) is 0 Å². The molecule has 9 nitrogen and oxygen atoms in total. The highest BCUT2D eigenvalue weighted by molar-refractivity contribution is 6.60. The first-order valence-corrected chi connectivity index (χ1v) is 7.57. The van der Waals surface area contributed by atoms with E-state index in [2.05, 4.69) is 20.8 Å². The first-order chi connectivity index (χ1) is 11.6. The molecular formula is C14H16BN5O4. The highest BCUT2D eigenvalue weighted by atomic mass is 16.4. The number of carbonyl (C=O) groups excluding carboxylic acids is 2. The molecule has 0 aliphatic heterocycles. The Hall–Kier alpha value is -2.59. The summed E-state index contributed by atoms with van der Waals surface area (Å²) in [6.45, 7) is 0.913. The number of hydrogen-bond acceptors (Lipinski definition) is 7. The van der Waals surface area contributed by atoms with Gasteiger partial charge in [-0.3, -0.25) is 9.59 Å². The normalized spacial score (nSPS) is 13.6. The summed E-state index contributed by atoms with van der Waals surface area (Å²) in [5.41, 5.74) is 0.342. The third kappa shape index (κ3) is 3.66. The van der Waals surface area contributed by atoms with Gasteiger partial charge in [0.15, 0.2) is 5.82 Å². The number of benzene rings is 1. The van der Waals surface area contributed by atoms with Gasteiger partial charge in [-0.1, -0.05) is 6.07 Å². The smallest absolute Gasteiger partial charge is 0.423 e. The van der Waals surface area contributed by atoms with Crippen LogP contribution >= 0.6 is 0 Å². The minimum atomic E-state index is -1.77. The van der Waals surface area contributed by atoms with Gasteiger partial charge >= 0.3 is 7.12 Å². The molecule has 0 bridgehead atoms. The van der Waals surface area contributed by atoms with Gasteiger partial charge in [-0.15, -0.1) is 5.10 Å². The van der Waals surface area contributed by atoms with Crippen LogP contribution in [0.5, 0.6) is 0 Å². The Morgan fingerprint density at radius 2 is 2.21 bits per heavy atom. The average molecular weight is 329 g/mol. The van der Waals surface area contributed by atoms with Crippen molar-refractivity contribution in [2.75, 3.05) is 0 Å². The molecule has 0 unspecified atom stereocenters. The van der Waals surface area contributed by atoms with Crippen LogP contribution in [0, 0.1) is 5.92 Å². The topological polar surface area (TPSA) is 130 Å². The molecule has 1 aliphatic rings. The molecule has 1 fully saturated rings. The number of hydrogen-bond donors (Lipinski definition) is 3. The lowest BCUT2D eigenvalue weighted by atomic mass is 9.77. The SMILES string of the molecule is O=Cc1cc(C(=O)NCc2nnnn2CC2CC2)ccc1B(O)O. The Balaban J connectivity index is 1.66. The predicted octanol–water partition coefficient (Wildman–Crippen LogP) is -1.49. The summed E-state index contributed by atoms with van der Waals surface area (Å²) >= 11 is 0. The monoisotopic (exact) mass is 329 g/mol. The zero-order chi connectivity index (χ0) is 17.1. The summed E-state index contributed by atoms with van der Waals surface area (Å²) in [5, 5.41) is 32.5. The fourth-order valence-corrected chi connectivity index (χ4v) is 2.35. The second-order valence-corrected chi connectivity index (χ2v) is 5.74. The second-order valence-electron chi connectivity index (χ2n) is 5.74. The van der Waals surface area contributed by atoms with Crippen molar-refractivity contribution in [3.05, 3.63) is 35.2 Å². The van der Waals surface area contributed by atoms with Crippen molar-refractivity contribution in [3.63, 3.8) is 0 Å². The van der Waals surface area contributed by atoms with E-state index in [-0.39, 0.29) is 23.1 Å². The van der Waals surface area contributed by atoms with E-state index < -0.39 is 13.0 Å². The van der Waals surface area contributed by atoms with E-state index in [1.54, 1.807) is 4.68 Å². The summed E-state index contributed by atoms with van der Waals surface area (Å²) in [4.78, 5) is 23.2. The van der Waals surface area contributed by atoms with Crippen LogP contribution in [-0.2, 0) is 13.1 Å². The van der Waals surface area contributed by atoms with Crippen molar-refractivity contribution in [2.45, 2.75) is 25.9 Å². The quantitative estimate of drug-likeness (QED) is 0.416. The number of nitrogens with zero attached hydrogens (tertiary/aromatic N) is 4. The fourth-order valence-electron chi connectivity index (χ4n) is 2.35. The largest absolute Gasteiger partial charge is 0.489 e. The van der Waals surface area contributed by atoms with Crippen LogP contribution in [0.4, 0.5) is 0 Å². The Labute approximate surface area is 137 Å². The lowest BCUT2D eigenvalue weighted by molar-refractivity contribution is 0.0949. The molecule has 124 valence electrons. The molecule has 10 heteroatoms. The van der Waals surface area contributed by atoms with Crippen LogP contribution in [0.3, 0.4) is 0 Å². The molecule has 0 saturated heterocycles. The van der Waals surface area contributed by atoms with Gasteiger partial charge in [-0.2, -0.15) is 0 Å². The predicted molar refractivity (Wildman–Crippen MR) is 83.4 cm³/mol. The molecule has 1 aromatic heterocycles. The molecule has 1 heterocycles. The third-order valence-corrected chi connectivity index (χ3v) is 3.90. The van der Waals surface area contributed by atoms with E-state index in [0.717, 1.165) is 6.54 Å². The maximum Gasteiger partial charge on any atom is 0.489 e. The number of aldehydes is 1. The van der Waals surface area contributed by atoms with Crippen LogP contribution in [-0.4, -0.2) is 49.6 Å². The molecule has 3 rings (SSSR count). The number of nitrogens with one attached hydrogen (secondary N) is 1. The molecule has 1 aromatic carbocycles. The van der Waals surface area contributed by atoms with Crippen molar-refractivity contribution in [2.24, 2.45) is 5.92 Å². The number of amides is 1. The number of carbonyl (C=O) groups is 2. The highest BCUT2D eigenvalue weighted by Crippen LogP contribution is 2.30. The Kier molecular flexibility index (Phi) is 4.67.